The first-order chi connectivity index (χ1) is 15.9. The van der Waals surface area contributed by atoms with Crippen LogP contribution in [0, 0.1) is 0 Å². The molecular formula is C26H26FN3O3. The Morgan fingerprint density at radius 2 is 1.70 bits per heavy atom. The number of likely N-dealkylation sites (tertiary alicyclic amines) is 1. The van der Waals surface area contributed by atoms with Gasteiger partial charge >= 0.3 is 0 Å². The van der Waals surface area contributed by atoms with Crippen molar-refractivity contribution in [2.24, 2.45) is 0 Å². The molecule has 33 heavy (non-hydrogen) atoms. The van der Waals surface area contributed by atoms with Gasteiger partial charge in [-0.25, -0.2) is 4.39 Å². The minimum Gasteiger partial charge on any atom is -0.351 e. The van der Waals surface area contributed by atoms with Gasteiger partial charge in [0, 0.05) is 35.1 Å². The molecule has 2 heterocycles. The molecule has 1 aliphatic heterocycles. The molecule has 1 fully saturated rings. The third-order valence-electron chi connectivity index (χ3n) is 6.74. The highest BCUT2D eigenvalue weighted by molar-refractivity contribution is 6.07. The SMILES string of the molecule is CC(=O)c1cn(CC(=O)N2CC(F)CC2C(=O)NC2Cc3ccccc3C2)c2ccccc12. The summed E-state index contributed by atoms with van der Waals surface area (Å²) in [5, 5.41) is 3.81. The van der Waals surface area contributed by atoms with Crippen molar-refractivity contribution in [3.05, 3.63) is 71.4 Å². The Hall–Kier alpha value is -3.48. The number of aromatic nitrogens is 1. The van der Waals surface area contributed by atoms with Gasteiger partial charge in [0.2, 0.25) is 11.8 Å². The molecule has 1 aromatic heterocycles. The lowest BCUT2D eigenvalue weighted by Gasteiger charge is -2.25. The molecule has 3 aromatic rings. The molecule has 6 nitrogen and oxygen atoms in total. The Bertz CT molecular complexity index is 1230. The molecular weight excluding hydrogens is 421 g/mol. The van der Waals surface area contributed by atoms with Gasteiger partial charge in [-0.15, -0.1) is 0 Å². The van der Waals surface area contributed by atoms with Gasteiger partial charge in [-0.2, -0.15) is 0 Å². The summed E-state index contributed by atoms with van der Waals surface area (Å²) in [6, 6.07) is 14.6. The lowest BCUT2D eigenvalue weighted by atomic mass is 10.1. The molecule has 1 aliphatic carbocycles. The fourth-order valence-corrected chi connectivity index (χ4v) is 5.16. The van der Waals surface area contributed by atoms with Gasteiger partial charge in [-0.1, -0.05) is 42.5 Å². The van der Waals surface area contributed by atoms with Crippen LogP contribution >= 0.6 is 0 Å². The van der Waals surface area contributed by atoms with Crippen LogP contribution in [0.25, 0.3) is 10.9 Å². The average Bonchev–Trinajstić information content (AvgIpc) is 3.48. The van der Waals surface area contributed by atoms with Crippen LogP contribution in [0.4, 0.5) is 4.39 Å². The third-order valence-corrected chi connectivity index (χ3v) is 6.74. The predicted octanol–water partition coefficient (Wildman–Crippen LogP) is 3.07. The lowest BCUT2D eigenvalue weighted by Crippen LogP contribution is -2.49. The first-order valence-electron chi connectivity index (χ1n) is 11.3. The van der Waals surface area contributed by atoms with Crippen LogP contribution in [-0.4, -0.2) is 51.9 Å². The maximum absolute atomic E-state index is 14.3. The van der Waals surface area contributed by atoms with Crippen LogP contribution in [-0.2, 0) is 29.0 Å². The largest absolute Gasteiger partial charge is 0.351 e. The van der Waals surface area contributed by atoms with E-state index < -0.39 is 12.2 Å². The Kier molecular flexibility index (Phi) is 5.48. The maximum atomic E-state index is 14.3. The van der Waals surface area contributed by atoms with E-state index in [1.165, 1.54) is 23.0 Å². The Morgan fingerprint density at radius 1 is 1.03 bits per heavy atom. The predicted molar refractivity (Wildman–Crippen MR) is 123 cm³/mol. The standard InChI is InChI=1S/C26H26FN3O3/c1-16(31)22-14-29(23-9-5-4-8-21(22)23)15-25(32)30-13-19(27)12-24(30)26(33)28-20-10-17-6-2-3-7-18(17)11-20/h2-9,14,19-20,24H,10-13,15H2,1H3,(H,28,33). The molecule has 5 rings (SSSR count). The molecule has 7 heteroatoms. The van der Waals surface area contributed by atoms with E-state index in [-0.39, 0.29) is 43.1 Å². The molecule has 2 aromatic carbocycles. The number of carbonyl (C=O) groups is 3. The number of hydrogen-bond acceptors (Lipinski definition) is 3. The third kappa shape index (κ3) is 4.03. The minimum absolute atomic E-state index is 0.00235. The zero-order chi connectivity index (χ0) is 23.1. The first-order valence-corrected chi connectivity index (χ1v) is 11.3. The minimum atomic E-state index is -1.24. The van der Waals surface area contributed by atoms with Gasteiger partial charge in [-0.3, -0.25) is 14.4 Å². The van der Waals surface area contributed by atoms with Crippen molar-refractivity contribution in [3.63, 3.8) is 0 Å². The fourth-order valence-electron chi connectivity index (χ4n) is 5.16. The van der Waals surface area contributed by atoms with E-state index in [0.29, 0.717) is 5.56 Å². The average molecular weight is 448 g/mol. The Labute approximate surface area is 191 Å². The summed E-state index contributed by atoms with van der Waals surface area (Å²) in [7, 11) is 0. The van der Waals surface area contributed by atoms with Crippen molar-refractivity contribution in [1.29, 1.82) is 0 Å². The molecule has 2 aliphatic rings. The quantitative estimate of drug-likeness (QED) is 0.611. The number of fused-ring (bicyclic) bond motifs is 2. The fraction of sp³-hybridized carbons (Fsp3) is 0.346. The summed E-state index contributed by atoms with van der Waals surface area (Å²) in [6.45, 7) is 1.34. The van der Waals surface area contributed by atoms with Crippen LogP contribution < -0.4 is 5.32 Å². The zero-order valence-corrected chi connectivity index (χ0v) is 18.5. The highest BCUT2D eigenvalue weighted by Crippen LogP contribution is 2.26. The van der Waals surface area contributed by atoms with Gasteiger partial charge in [0.25, 0.3) is 0 Å². The van der Waals surface area contributed by atoms with Crippen molar-refractivity contribution >= 4 is 28.5 Å². The van der Waals surface area contributed by atoms with Crippen molar-refractivity contribution in [2.45, 2.75) is 51.0 Å². The summed E-state index contributed by atoms with van der Waals surface area (Å²) in [5.74, 6) is -0.721. The van der Waals surface area contributed by atoms with Crippen molar-refractivity contribution < 1.29 is 18.8 Å². The van der Waals surface area contributed by atoms with Crippen LogP contribution in [0.5, 0.6) is 0 Å². The molecule has 1 saturated heterocycles. The molecule has 1 N–H and O–H groups in total. The number of ketones is 1. The zero-order valence-electron chi connectivity index (χ0n) is 18.5. The van der Waals surface area contributed by atoms with Gasteiger partial charge in [-0.05, 0) is 37.0 Å². The van der Waals surface area contributed by atoms with Crippen LogP contribution in [0.3, 0.4) is 0 Å². The van der Waals surface area contributed by atoms with Crippen molar-refractivity contribution in [3.8, 4) is 0 Å². The topological polar surface area (TPSA) is 71.4 Å². The summed E-state index contributed by atoms with van der Waals surface area (Å²) in [5.41, 5.74) is 3.73. The van der Waals surface area contributed by atoms with Gasteiger partial charge in [0.15, 0.2) is 5.78 Å². The van der Waals surface area contributed by atoms with Crippen LogP contribution in [0.1, 0.15) is 34.8 Å². The molecule has 0 radical (unpaired) electrons. The molecule has 2 atom stereocenters. The van der Waals surface area contributed by atoms with Gasteiger partial charge in [0.05, 0.1) is 6.54 Å². The molecule has 170 valence electrons. The Morgan fingerprint density at radius 3 is 2.39 bits per heavy atom. The monoisotopic (exact) mass is 447 g/mol. The molecule has 0 spiro atoms. The number of alkyl halides is 1. The highest BCUT2D eigenvalue weighted by Gasteiger charge is 2.40. The molecule has 0 bridgehead atoms. The van der Waals surface area contributed by atoms with E-state index >= 15 is 0 Å². The van der Waals surface area contributed by atoms with Gasteiger partial charge < -0.3 is 14.8 Å². The number of rotatable bonds is 5. The summed E-state index contributed by atoms with van der Waals surface area (Å²) in [4.78, 5) is 39.6. The molecule has 2 unspecified atom stereocenters. The van der Waals surface area contributed by atoms with Crippen molar-refractivity contribution in [2.75, 3.05) is 6.54 Å². The van der Waals surface area contributed by atoms with E-state index in [0.717, 1.165) is 23.7 Å². The lowest BCUT2D eigenvalue weighted by molar-refractivity contribution is -0.139. The smallest absolute Gasteiger partial charge is 0.243 e. The van der Waals surface area contributed by atoms with E-state index in [9.17, 15) is 18.8 Å². The second-order valence-electron chi connectivity index (χ2n) is 9.02. The number of carbonyl (C=O) groups excluding carboxylic acids is 3. The van der Waals surface area contributed by atoms with E-state index in [2.05, 4.69) is 17.4 Å². The second kappa shape index (κ2) is 8.46. The first kappa shape index (κ1) is 21.4. The number of nitrogens with one attached hydrogen (secondary N) is 1. The van der Waals surface area contributed by atoms with Crippen LogP contribution in [0.2, 0.25) is 0 Å². The summed E-state index contributed by atoms with van der Waals surface area (Å²) >= 11 is 0. The van der Waals surface area contributed by atoms with E-state index in [1.54, 1.807) is 10.8 Å². The second-order valence-corrected chi connectivity index (χ2v) is 9.02. The number of amides is 2. The van der Waals surface area contributed by atoms with Crippen molar-refractivity contribution in [1.82, 2.24) is 14.8 Å². The van der Waals surface area contributed by atoms with E-state index in [4.69, 9.17) is 0 Å². The highest BCUT2D eigenvalue weighted by atomic mass is 19.1. The maximum Gasteiger partial charge on any atom is 0.243 e. The summed E-state index contributed by atoms with van der Waals surface area (Å²) in [6.07, 6.45) is 1.91. The molecule has 0 saturated carbocycles. The number of Topliss-reactive ketones (excluding diaryl/α,β-unsaturated/α-hetero) is 1. The Balaban J connectivity index is 1.31. The number of nitrogens with zero attached hydrogens (tertiary/aromatic N) is 2. The number of hydrogen-bond donors (Lipinski definition) is 1. The van der Waals surface area contributed by atoms with Gasteiger partial charge in [0.1, 0.15) is 18.8 Å². The number of halogens is 1. The number of para-hydroxylation sites is 1. The van der Waals surface area contributed by atoms with E-state index in [1.807, 2.05) is 36.4 Å². The number of benzene rings is 2. The molecule has 2 amide bonds. The normalized spacial score (nSPS) is 20.2. The van der Waals surface area contributed by atoms with Crippen LogP contribution in [0.15, 0.2) is 54.7 Å². The summed E-state index contributed by atoms with van der Waals surface area (Å²) < 4.78 is 16.1.